The second kappa shape index (κ2) is 9.22. The molecule has 0 unspecified atom stereocenters. The largest absolute Gasteiger partial charge is 0.362 e. The Kier molecular flexibility index (Phi) is 6.97. The Morgan fingerprint density at radius 2 is 1.74 bits per heavy atom. The molecule has 5 heteroatoms. The lowest BCUT2D eigenvalue weighted by Crippen LogP contribution is -3.05. The maximum atomic E-state index is 5.46. The molecule has 0 aliphatic heterocycles. The van der Waals surface area contributed by atoms with E-state index in [9.17, 15) is 0 Å². The van der Waals surface area contributed by atoms with Gasteiger partial charge in [-0.1, -0.05) is 30.3 Å². The summed E-state index contributed by atoms with van der Waals surface area (Å²) in [5, 5.41) is 7.41. The quantitative estimate of drug-likeness (QED) is 0.527. The van der Waals surface area contributed by atoms with Gasteiger partial charge < -0.3 is 15.5 Å². The van der Waals surface area contributed by atoms with Crippen LogP contribution in [-0.4, -0.2) is 37.3 Å². The summed E-state index contributed by atoms with van der Waals surface area (Å²) < 4.78 is 0. The molecule has 23 heavy (non-hydrogen) atoms. The highest BCUT2D eigenvalue weighted by molar-refractivity contribution is 7.80. The normalized spacial score (nSPS) is 12.0. The summed E-state index contributed by atoms with van der Waals surface area (Å²) >= 11 is 5.46. The van der Waals surface area contributed by atoms with Crippen LogP contribution >= 0.6 is 12.2 Å². The molecule has 0 fully saturated rings. The number of nitrogens with zero attached hydrogens (tertiary/aromatic N) is 1. The van der Waals surface area contributed by atoms with Gasteiger partial charge in [0.15, 0.2) is 5.11 Å². The summed E-state index contributed by atoms with van der Waals surface area (Å²) in [4.78, 5) is 5.55. The number of benzene rings is 1. The molecular formula is C18H25N4S+. The van der Waals surface area contributed by atoms with E-state index in [1.165, 1.54) is 10.5 Å². The predicted molar refractivity (Wildman–Crippen MR) is 98.6 cm³/mol. The summed E-state index contributed by atoms with van der Waals surface area (Å²) in [6.45, 7) is 2.01. The van der Waals surface area contributed by atoms with Crippen LogP contribution in [0.4, 0.5) is 0 Å². The van der Waals surface area contributed by atoms with Gasteiger partial charge in [0.1, 0.15) is 0 Å². The lowest BCUT2D eigenvalue weighted by molar-refractivity contribution is -0.858. The molecule has 0 bridgehead atoms. The Morgan fingerprint density at radius 1 is 1.09 bits per heavy atom. The number of hydrogen-bond acceptors (Lipinski definition) is 2. The topological polar surface area (TPSA) is 41.4 Å². The van der Waals surface area contributed by atoms with Crippen molar-refractivity contribution >= 4 is 17.3 Å². The third-order valence-electron chi connectivity index (χ3n) is 3.59. The molecule has 3 N–H and O–H groups in total. The molecular weight excluding hydrogens is 304 g/mol. The maximum Gasteiger partial charge on any atom is 0.167 e. The van der Waals surface area contributed by atoms with Crippen LogP contribution in [0.15, 0.2) is 54.9 Å². The predicted octanol–water partition coefficient (Wildman–Crippen LogP) is 1.17. The highest BCUT2D eigenvalue weighted by Crippen LogP contribution is 2.21. The average molecular weight is 329 g/mol. The van der Waals surface area contributed by atoms with Crippen LogP contribution < -0.4 is 15.5 Å². The van der Waals surface area contributed by atoms with Crippen LogP contribution in [0.1, 0.15) is 23.6 Å². The molecule has 2 rings (SSSR count). The van der Waals surface area contributed by atoms with Crippen molar-refractivity contribution in [2.24, 2.45) is 0 Å². The fourth-order valence-electron chi connectivity index (χ4n) is 2.39. The second-order valence-corrected chi connectivity index (χ2v) is 6.24. The summed E-state index contributed by atoms with van der Waals surface area (Å²) in [5.41, 5.74) is 2.33. The SMILES string of the molecule is C[NH+](C)CCCNC(=S)N[C@@H](c1ccccc1)c1ccncc1. The molecule has 1 aromatic carbocycles. The van der Waals surface area contributed by atoms with E-state index in [1.54, 1.807) is 0 Å². The van der Waals surface area contributed by atoms with Crippen molar-refractivity contribution in [1.82, 2.24) is 15.6 Å². The van der Waals surface area contributed by atoms with Crippen LogP contribution in [0.3, 0.4) is 0 Å². The van der Waals surface area contributed by atoms with Gasteiger partial charge in [-0.2, -0.15) is 0 Å². The maximum absolute atomic E-state index is 5.46. The number of hydrogen-bond donors (Lipinski definition) is 3. The number of thiocarbonyl (C=S) groups is 1. The van der Waals surface area contributed by atoms with Gasteiger partial charge in [-0.3, -0.25) is 4.98 Å². The van der Waals surface area contributed by atoms with E-state index in [4.69, 9.17) is 12.2 Å². The van der Waals surface area contributed by atoms with Crippen LogP contribution in [0, 0.1) is 0 Å². The number of aromatic nitrogens is 1. The summed E-state index contributed by atoms with van der Waals surface area (Å²) in [5.74, 6) is 0. The molecule has 0 saturated carbocycles. The molecule has 0 aliphatic carbocycles. The van der Waals surface area contributed by atoms with Crippen LogP contribution in [0.2, 0.25) is 0 Å². The van der Waals surface area contributed by atoms with Gasteiger partial charge >= 0.3 is 0 Å². The lowest BCUT2D eigenvalue weighted by Gasteiger charge is -2.22. The fourth-order valence-corrected chi connectivity index (χ4v) is 2.61. The van der Waals surface area contributed by atoms with Crippen LogP contribution in [0.25, 0.3) is 0 Å². The van der Waals surface area contributed by atoms with E-state index in [0.717, 1.165) is 25.1 Å². The molecule has 1 aromatic heterocycles. The molecule has 0 spiro atoms. The zero-order chi connectivity index (χ0) is 16.5. The highest BCUT2D eigenvalue weighted by atomic mass is 32.1. The third-order valence-corrected chi connectivity index (χ3v) is 3.85. The van der Waals surface area contributed by atoms with E-state index in [0.29, 0.717) is 5.11 Å². The zero-order valence-corrected chi connectivity index (χ0v) is 14.6. The summed E-state index contributed by atoms with van der Waals surface area (Å²) in [6, 6.07) is 14.4. The Morgan fingerprint density at radius 3 is 2.39 bits per heavy atom. The third kappa shape index (κ3) is 5.96. The zero-order valence-electron chi connectivity index (χ0n) is 13.8. The highest BCUT2D eigenvalue weighted by Gasteiger charge is 2.14. The van der Waals surface area contributed by atoms with Crippen molar-refractivity contribution in [3.8, 4) is 0 Å². The van der Waals surface area contributed by atoms with E-state index in [1.807, 2.05) is 42.7 Å². The molecule has 122 valence electrons. The minimum Gasteiger partial charge on any atom is -0.362 e. The van der Waals surface area contributed by atoms with Gasteiger partial charge in [-0.15, -0.1) is 0 Å². The Hall–Kier alpha value is -1.98. The minimum atomic E-state index is 0.0265. The Bertz CT molecular complexity index is 547. The number of quaternary nitrogens is 1. The Labute approximate surface area is 143 Å². The van der Waals surface area contributed by atoms with Crippen LogP contribution in [0.5, 0.6) is 0 Å². The first-order chi connectivity index (χ1) is 11.2. The lowest BCUT2D eigenvalue weighted by atomic mass is 10.00. The monoisotopic (exact) mass is 329 g/mol. The van der Waals surface area contributed by atoms with Crippen molar-refractivity contribution in [2.75, 3.05) is 27.2 Å². The summed E-state index contributed by atoms with van der Waals surface area (Å²) in [6.07, 6.45) is 4.71. The smallest absolute Gasteiger partial charge is 0.167 e. The van der Waals surface area contributed by atoms with E-state index in [-0.39, 0.29) is 6.04 Å². The second-order valence-electron chi connectivity index (χ2n) is 5.84. The van der Waals surface area contributed by atoms with Crippen molar-refractivity contribution in [3.63, 3.8) is 0 Å². The minimum absolute atomic E-state index is 0.0265. The first kappa shape index (κ1) is 17.4. The summed E-state index contributed by atoms with van der Waals surface area (Å²) in [7, 11) is 4.32. The van der Waals surface area contributed by atoms with E-state index < -0.39 is 0 Å². The van der Waals surface area contributed by atoms with Gasteiger partial charge in [0.2, 0.25) is 0 Å². The van der Waals surface area contributed by atoms with Gasteiger partial charge in [0.05, 0.1) is 26.7 Å². The molecule has 0 amide bonds. The number of rotatable bonds is 7. The first-order valence-electron chi connectivity index (χ1n) is 7.95. The Balaban J connectivity index is 2.00. The van der Waals surface area contributed by atoms with E-state index >= 15 is 0 Å². The molecule has 1 heterocycles. The van der Waals surface area contributed by atoms with Gasteiger partial charge in [-0.05, 0) is 35.5 Å². The molecule has 4 nitrogen and oxygen atoms in total. The molecule has 2 aromatic rings. The number of nitrogens with one attached hydrogen (secondary N) is 3. The van der Waals surface area contributed by atoms with Crippen molar-refractivity contribution in [2.45, 2.75) is 12.5 Å². The van der Waals surface area contributed by atoms with Crippen LogP contribution in [-0.2, 0) is 0 Å². The fraction of sp³-hybridized carbons (Fsp3) is 0.333. The number of pyridine rings is 1. The van der Waals surface area contributed by atoms with Crippen molar-refractivity contribution < 1.29 is 4.90 Å². The molecule has 1 atom stereocenters. The van der Waals surface area contributed by atoms with Gasteiger partial charge in [-0.25, -0.2) is 0 Å². The van der Waals surface area contributed by atoms with Gasteiger partial charge in [0, 0.05) is 25.4 Å². The molecule has 0 radical (unpaired) electrons. The first-order valence-corrected chi connectivity index (χ1v) is 8.36. The van der Waals surface area contributed by atoms with Gasteiger partial charge in [0.25, 0.3) is 0 Å². The molecule has 0 saturated heterocycles. The average Bonchev–Trinajstić information content (AvgIpc) is 2.58. The van der Waals surface area contributed by atoms with E-state index in [2.05, 4.69) is 41.8 Å². The van der Waals surface area contributed by atoms with Crippen molar-refractivity contribution in [1.29, 1.82) is 0 Å². The van der Waals surface area contributed by atoms with Crippen molar-refractivity contribution in [3.05, 3.63) is 66.0 Å². The standard InChI is InChI=1S/C18H24N4S/c1-22(2)14-6-11-20-18(23)21-17(15-7-4-3-5-8-15)16-9-12-19-13-10-16/h3-5,7-10,12-13,17H,6,11,14H2,1-2H3,(H2,20,21,23)/p+1/t17-/m0/s1. The molecule has 0 aliphatic rings.